The maximum atomic E-state index is 10.8. The lowest BCUT2D eigenvalue weighted by molar-refractivity contribution is 0.0697. The number of fused-ring (bicyclic) bond motifs is 1. The van der Waals surface area contributed by atoms with E-state index in [-0.39, 0.29) is 5.56 Å². The van der Waals surface area contributed by atoms with Gasteiger partial charge in [0.25, 0.3) is 0 Å². The van der Waals surface area contributed by atoms with Crippen molar-refractivity contribution in [2.75, 3.05) is 13.7 Å². The van der Waals surface area contributed by atoms with Gasteiger partial charge >= 0.3 is 5.97 Å². The van der Waals surface area contributed by atoms with Gasteiger partial charge in [0, 0.05) is 13.7 Å². The minimum Gasteiger partial charge on any atom is -0.478 e. The Balaban J connectivity index is 2.43. The number of nitrogens with zero attached hydrogens (tertiary/aromatic N) is 2. The van der Waals surface area contributed by atoms with Crippen LogP contribution in [0.4, 0.5) is 0 Å². The van der Waals surface area contributed by atoms with Crippen molar-refractivity contribution in [1.29, 1.82) is 0 Å². The van der Waals surface area contributed by atoms with Gasteiger partial charge in [0.05, 0.1) is 29.5 Å². The van der Waals surface area contributed by atoms with Crippen LogP contribution in [0.3, 0.4) is 0 Å². The van der Waals surface area contributed by atoms with E-state index in [1.807, 2.05) is 4.57 Å². The zero-order chi connectivity index (χ0) is 11.5. The smallest absolute Gasteiger partial charge is 0.335 e. The van der Waals surface area contributed by atoms with Gasteiger partial charge in [-0.1, -0.05) is 0 Å². The number of methoxy groups -OCH3 is 1. The standard InChI is InChI=1S/C11H12N2O3/c1-16-5-4-13-7-12-9-3-2-8(11(14)15)6-10(9)13/h2-3,6-7H,4-5H2,1H3,(H,14,15). The number of imidazole rings is 1. The number of carboxylic acids is 1. The Hall–Kier alpha value is -1.88. The molecule has 1 N–H and O–H groups in total. The molecule has 84 valence electrons. The summed E-state index contributed by atoms with van der Waals surface area (Å²) in [6, 6.07) is 4.89. The van der Waals surface area contributed by atoms with Crippen LogP contribution in [-0.2, 0) is 11.3 Å². The van der Waals surface area contributed by atoms with Crippen molar-refractivity contribution in [1.82, 2.24) is 9.55 Å². The van der Waals surface area contributed by atoms with Crippen LogP contribution < -0.4 is 0 Å². The van der Waals surface area contributed by atoms with Gasteiger partial charge in [-0.05, 0) is 18.2 Å². The van der Waals surface area contributed by atoms with Crippen molar-refractivity contribution in [3.63, 3.8) is 0 Å². The molecule has 0 atom stereocenters. The van der Waals surface area contributed by atoms with Gasteiger partial charge in [-0.25, -0.2) is 9.78 Å². The largest absolute Gasteiger partial charge is 0.478 e. The van der Waals surface area contributed by atoms with Crippen LogP contribution in [0.5, 0.6) is 0 Å². The molecule has 0 fully saturated rings. The van der Waals surface area contributed by atoms with E-state index in [0.29, 0.717) is 13.2 Å². The second-order valence-electron chi connectivity index (χ2n) is 3.44. The molecule has 0 saturated heterocycles. The molecule has 5 nitrogen and oxygen atoms in total. The Morgan fingerprint density at radius 3 is 3.06 bits per heavy atom. The number of carboxylic acid groups (broad SMARTS) is 1. The van der Waals surface area contributed by atoms with Gasteiger partial charge in [-0.3, -0.25) is 0 Å². The fourth-order valence-electron chi connectivity index (χ4n) is 1.56. The summed E-state index contributed by atoms with van der Waals surface area (Å²) in [5, 5.41) is 8.89. The van der Waals surface area contributed by atoms with Crippen molar-refractivity contribution < 1.29 is 14.6 Å². The van der Waals surface area contributed by atoms with Crippen LogP contribution in [0.2, 0.25) is 0 Å². The van der Waals surface area contributed by atoms with Crippen molar-refractivity contribution in [3.05, 3.63) is 30.1 Å². The predicted molar refractivity (Wildman–Crippen MR) is 58.6 cm³/mol. The van der Waals surface area contributed by atoms with Crippen LogP contribution in [0.15, 0.2) is 24.5 Å². The number of rotatable bonds is 4. The Morgan fingerprint density at radius 1 is 1.56 bits per heavy atom. The average Bonchev–Trinajstić information content (AvgIpc) is 2.68. The monoisotopic (exact) mass is 220 g/mol. The highest BCUT2D eigenvalue weighted by molar-refractivity contribution is 5.92. The fourth-order valence-corrected chi connectivity index (χ4v) is 1.56. The number of carbonyl (C=O) groups is 1. The van der Waals surface area contributed by atoms with Gasteiger partial charge in [0.2, 0.25) is 0 Å². The van der Waals surface area contributed by atoms with Crippen LogP contribution in [-0.4, -0.2) is 34.3 Å². The second kappa shape index (κ2) is 4.32. The molecule has 1 aromatic carbocycles. The number of aromatic nitrogens is 2. The van der Waals surface area contributed by atoms with Crippen molar-refractivity contribution in [3.8, 4) is 0 Å². The molecule has 5 heteroatoms. The molecule has 0 bridgehead atoms. The maximum absolute atomic E-state index is 10.8. The predicted octanol–water partition coefficient (Wildman–Crippen LogP) is 1.38. The molecule has 0 aliphatic rings. The SMILES string of the molecule is COCCn1cnc2ccc(C(=O)O)cc21. The second-order valence-corrected chi connectivity index (χ2v) is 3.44. The zero-order valence-electron chi connectivity index (χ0n) is 8.88. The van der Waals surface area contributed by atoms with E-state index in [2.05, 4.69) is 4.98 Å². The first kappa shape index (κ1) is 10.6. The van der Waals surface area contributed by atoms with Crippen molar-refractivity contribution >= 4 is 17.0 Å². The van der Waals surface area contributed by atoms with Crippen LogP contribution in [0.1, 0.15) is 10.4 Å². The summed E-state index contributed by atoms with van der Waals surface area (Å²) in [6.45, 7) is 1.23. The molecule has 1 heterocycles. The molecule has 0 radical (unpaired) electrons. The number of ether oxygens (including phenoxy) is 1. The Kier molecular flexibility index (Phi) is 2.87. The molecular weight excluding hydrogens is 208 g/mol. The number of benzene rings is 1. The van der Waals surface area contributed by atoms with E-state index >= 15 is 0 Å². The lowest BCUT2D eigenvalue weighted by Gasteiger charge is -2.03. The molecule has 0 aliphatic carbocycles. The minimum atomic E-state index is -0.929. The molecule has 2 rings (SSSR count). The molecule has 0 aliphatic heterocycles. The topological polar surface area (TPSA) is 64.4 Å². The van der Waals surface area contributed by atoms with E-state index < -0.39 is 5.97 Å². The number of hydrogen-bond donors (Lipinski definition) is 1. The number of hydrogen-bond acceptors (Lipinski definition) is 3. The first-order chi connectivity index (χ1) is 7.72. The first-order valence-electron chi connectivity index (χ1n) is 4.89. The molecule has 16 heavy (non-hydrogen) atoms. The first-order valence-corrected chi connectivity index (χ1v) is 4.89. The molecular formula is C11H12N2O3. The van der Waals surface area contributed by atoms with Crippen LogP contribution >= 0.6 is 0 Å². The fraction of sp³-hybridized carbons (Fsp3) is 0.273. The van der Waals surface area contributed by atoms with E-state index in [9.17, 15) is 4.79 Å². The molecule has 0 spiro atoms. The lowest BCUT2D eigenvalue weighted by atomic mass is 10.2. The average molecular weight is 220 g/mol. The third-order valence-electron chi connectivity index (χ3n) is 2.40. The summed E-state index contributed by atoms with van der Waals surface area (Å²) in [5.74, 6) is -0.929. The van der Waals surface area contributed by atoms with E-state index in [1.54, 1.807) is 31.6 Å². The Bertz CT molecular complexity index is 519. The summed E-state index contributed by atoms with van der Waals surface area (Å²) < 4.78 is 6.86. The highest BCUT2D eigenvalue weighted by Gasteiger charge is 2.07. The lowest BCUT2D eigenvalue weighted by Crippen LogP contribution is -2.03. The van der Waals surface area contributed by atoms with Crippen molar-refractivity contribution in [2.45, 2.75) is 6.54 Å². The number of aromatic carboxylic acids is 1. The van der Waals surface area contributed by atoms with Gasteiger partial charge in [-0.2, -0.15) is 0 Å². The van der Waals surface area contributed by atoms with Gasteiger partial charge in [0.15, 0.2) is 0 Å². The van der Waals surface area contributed by atoms with E-state index in [0.717, 1.165) is 11.0 Å². The van der Waals surface area contributed by atoms with Crippen LogP contribution in [0, 0.1) is 0 Å². The summed E-state index contributed by atoms with van der Waals surface area (Å²) >= 11 is 0. The minimum absolute atomic E-state index is 0.270. The summed E-state index contributed by atoms with van der Waals surface area (Å²) in [6.07, 6.45) is 1.69. The summed E-state index contributed by atoms with van der Waals surface area (Å²) in [4.78, 5) is 15.0. The molecule has 0 amide bonds. The molecule has 0 saturated carbocycles. The van der Waals surface area contributed by atoms with Crippen molar-refractivity contribution in [2.24, 2.45) is 0 Å². The quantitative estimate of drug-likeness (QED) is 0.845. The molecule has 2 aromatic rings. The Morgan fingerprint density at radius 2 is 2.38 bits per heavy atom. The third kappa shape index (κ3) is 1.90. The highest BCUT2D eigenvalue weighted by Crippen LogP contribution is 2.15. The zero-order valence-corrected chi connectivity index (χ0v) is 8.88. The van der Waals surface area contributed by atoms with Gasteiger partial charge in [0.1, 0.15) is 0 Å². The normalized spacial score (nSPS) is 10.8. The molecule has 1 aromatic heterocycles. The molecule has 0 unspecified atom stereocenters. The maximum Gasteiger partial charge on any atom is 0.335 e. The summed E-state index contributed by atoms with van der Waals surface area (Å²) in [7, 11) is 1.63. The third-order valence-corrected chi connectivity index (χ3v) is 2.40. The summed E-state index contributed by atoms with van der Waals surface area (Å²) in [5.41, 5.74) is 1.88. The van der Waals surface area contributed by atoms with E-state index in [4.69, 9.17) is 9.84 Å². The van der Waals surface area contributed by atoms with E-state index in [1.165, 1.54) is 0 Å². The van der Waals surface area contributed by atoms with Gasteiger partial charge < -0.3 is 14.4 Å². The Labute approximate surface area is 92.3 Å². The van der Waals surface area contributed by atoms with Crippen LogP contribution in [0.25, 0.3) is 11.0 Å². The highest BCUT2D eigenvalue weighted by atomic mass is 16.5. The van der Waals surface area contributed by atoms with Gasteiger partial charge in [-0.15, -0.1) is 0 Å².